The second-order valence-electron chi connectivity index (χ2n) is 8.12. The van der Waals surface area contributed by atoms with Crippen LogP contribution in [0.2, 0.25) is 0 Å². The van der Waals surface area contributed by atoms with Crippen molar-refractivity contribution < 1.29 is 4.79 Å². The minimum absolute atomic E-state index is 0.0108. The van der Waals surface area contributed by atoms with E-state index in [1.165, 1.54) is 11.1 Å². The predicted octanol–water partition coefficient (Wildman–Crippen LogP) is 2.77. The van der Waals surface area contributed by atoms with E-state index in [1.54, 1.807) is 0 Å². The van der Waals surface area contributed by atoms with Gasteiger partial charge >= 0.3 is 0 Å². The van der Waals surface area contributed by atoms with Gasteiger partial charge in [-0.2, -0.15) is 0 Å². The second-order valence-corrected chi connectivity index (χ2v) is 8.12. The molecule has 1 amide bonds. The first-order valence-corrected chi connectivity index (χ1v) is 8.44. The molecule has 1 aliphatic heterocycles. The summed E-state index contributed by atoms with van der Waals surface area (Å²) in [5, 5.41) is 0. The minimum Gasteiger partial charge on any atom is -0.342 e. The van der Waals surface area contributed by atoms with Gasteiger partial charge in [0.15, 0.2) is 0 Å². The van der Waals surface area contributed by atoms with Crippen molar-refractivity contribution in [1.82, 2.24) is 4.90 Å². The van der Waals surface area contributed by atoms with Crippen molar-refractivity contribution in [3.8, 4) is 0 Å². The molecule has 22 heavy (non-hydrogen) atoms. The van der Waals surface area contributed by atoms with E-state index in [-0.39, 0.29) is 16.9 Å². The highest BCUT2D eigenvalue weighted by atomic mass is 16.2. The molecule has 2 unspecified atom stereocenters. The molecule has 0 radical (unpaired) electrons. The molecule has 0 bridgehead atoms. The van der Waals surface area contributed by atoms with Crippen LogP contribution in [0, 0.1) is 10.8 Å². The Morgan fingerprint density at radius 2 is 1.91 bits per heavy atom. The Bertz CT molecular complexity index is 581. The highest BCUT2D eigenvalue weighted by Gasteiger charge is 2.43. The smallest absolute Gasteiger partial charge is 0.228 e. The maximum Gasteiger partial charge on any atom is 0.228 e. The van der Waals surface area contributed by atoms with E-state index in [0.717, 1.165) is 38.8 Å². The van der Waals surface area contributed by atoms with Crippen molar-refractivity contribution in [2.24, 2.45) is 16.6 Å². The molecule has 1 aromatic carbocycles. The van der Waals surface area contributed by atoms with Gasteiger partial charge in [-0.3, -0.25) is 4.79 Å². The fourth-order valence-electron chi connectivity index (χ4n) is 4.00. The zero-order chi connectivity index (χ0) is 16.0. The summed E-state index contributed by atoms with van der Waals surface area (Å²) in [5.74, 6) is 0.321. The lowest BCUT2D eigenvalue weighted by Gasteiger charge is -2.46. The summed E-state index contributed by atoms with van der Waals surface area (Å²) in [4.78, 5) is 15.2. The molecule has 1 saturated heterocycles. The molecular weight excluding hydrogens is 272 g/mol. The number of aryl methyl sites for hydroxylation is 1. The van der Waals surface area contributed by atoms with Crippen LogP contribution in [0.15, 0.2) is 24.3 Å². The van der Waals surface area contributed by atoms with Crippen LogP contribution in [-0.4, -0.2) is 29.9 Å². The Balaban J connectivity index is 1.78. The van der Waals surface area contributed by atoms with Gasteiger partial charge in [-0.05, 0) is 42.2 Å². The lowest BCUT2D eigenvalue weighted by molar-refractivity contribution is -0.145. The molecule has 0 saturated carbocycles. The number of amides is 1. The summed E-state index contributed by atoms with van der Waals surface area (Å²) >= 11 is 0. The molecular formula is C19H28N2O. The molecule has 1 aromatic rings. The van der Waals surface area contributed by atoms with Crippen molar-refractivity contribution in [3.63, 3.8) is 0 Å². The van der Waals surface area contributed by atoms with E-state index < -0.39 is 0 Å². The number of hydrogen-bond donors (Lipinski definition) is 1. The standard InChI is InChI=1S/C19H28N2O/c1-18(2)13-21(11-9-16(18)20)17(22)19(3)10-8-14-6-4-5-7-15(14)12-19/h4-7,16H,8-13,20H2,1-3H3. The Labute approximate surface area is 133 Å². The van der Waals surface area contributed by atoms with E-state index in [4.69, 9.17) is 5.73 Å². The van der Waals surface area contributed by atoms with Crippen molar-refractivity contribution in [3.05, 3.63) is 35.4 Å². The number of likely N-dealkylation sites (tertiary alicyclic amines) is 1. The first-order valence-electron chi connectivity index (χ1n) is 8.44. The largest absolute Gasteiger partial charge is 0.342 e. The van der Waals surface area contributed by atoms with Crippen LogP contribution in [0.3, 0.4) is 0 Å². The molecule has 2 N–H and O–H groups in total. The first-order chi connectivity index (χ1) is 10.3. The number of carbonyl (C=O) groups excluding carboxylic acids is 1. The van der Waals surface area contributed by atoms with Crippen molar-refractivity contribution in [1.29, 1.82) is 0 Å². The fourth-order valence-corrected chi connectivity index (χ4v) is 4.00. The second kappa shape index (κ2) is 5.38. The van der Waals surface area contributed by atoms with Gasteiger partial charge in [-0.25, -0.2) is 0 Å². The lowest BCUT2D eigenvalue weighted by Crippen LogP contribution is -2.57. The zero-order valence-corrected chi connectivity index (χ0v) is 14.1. The summed E-state index contributed by atoms with van der Waals surface area (Å²) in [6.45, 7) is 8.09. The molecule has 3 nitrogen and oxygen atoms in total. The zero-order valence-electron chi connectivity index (χ0n) is 14.1. The molecule has 1 fully saturated rings. The minimum atomic E-state index is -0.258. The predicted molar refractivity (Wildman–Crippen MR) is 89.5 cm³/mol. The molecule has 1 aliphatic carbocycles. The third-order valence-electron chi connectivity index (χ3n) is 5.76. The van der Waals surface area contributed by atoms with E-state index in [9.17, 15) is 4.79 Å². The molecule has 1 heterocycles. The van der Waals surface area contributed by atoms with E-state index in [1.807, 2.05) is 0 Å². The van der Waals surface area contributed by atoms with E-state index in [2.05, 4.69) is 49.9 Å². The van der Waals surface area contributed by atoms with Crippen LogP contribution in [0.4, 0.5) is 0 Å². The van der Waals surface area contributed by atoms with Crippen molar-refractivity contribution in [2.45, 2.75) is 52.5 Å². The number of carbonyl (C=O) groups is 1. The summed E-state index contributed by atoms with van der Waals surface area (Å²) < 4.78 is 0. The van der Waals surface area contributed by atoms with Gasteiger partial charge in [0.2, 0.25) is 5.91 Å². The van der Waals surface area contributed by atoms with E-state index >= 15 is 0 Å². The summed E-state index contributed by atoms with van der Waals surface area (Å²) in [7, 11) is 0. The van der Waals surface area contributed by atoms with Gasteiger partial charge in [0.05, 0.1) is 5.41 Å². The summed E-state index contributed by atoms with van der Waals surface area (Å²) in [6.07, 6.45) is 3.73. The van der Waals surface area contributed by atoms with Gasteiger partial charge < -0.3 is 10.6 Å². The molecule has 120 valence electrons. The number of piperidine rings is 1. The van der Waals surface area contributed by atoms with Crippen LogP contribution in [0.25, 0.3) is 0 Å². The fraction of sp³-hybridized carbons (Fsp3) is 0.632. The first kappa shape index (κ1) is 15.5. The van der Waals surface area contributed by atoms with Crippen LogP contribution in [-0.2, 0) is 17.6 Å². The van der Waals surface area contributed by atoms with Gasteiger partial charge in [-0.1, -0.05) is 45.0 Å². The molecule has 3 rings (SSSR count). The highest BCUT2D eigenvalue weighted by molar-refractivity contribution is 5.83. The maximum atomic E-state index is 13.2. The van der Waals surface area contributed by atoms with E-state index in [0.29, 0.717) is 5.91 Å². The molecule has 0 spiro atoms. The lowest BCUT2D eigenvalue weighted by atomic mass is 9.71. The van der Waals surface area contributed by atoms with Crippen molar-refractivity contribution in [2.75, 3.05) is 13.1 Å². The SMILES string of the molecule is CC1(C(=O)N2CCC(N)C(C)(C)C2)CCc2ccccc2C1. The van der Waals surface area contributed by atoms with Crippen LogP contribution in [0.5, 0.6) is 0 Å². The van der Waals surface area contributed by atoms with Crippen LogP contribution < -0.4 is 5.73 Å². The van der Waals surface area contributed by atoms with Crippen molar-refractivity contribution >= 4 is 5.91 Å². The molecule has 0 aromatic heterocycles. The van der Waals surface area contributed by atoms with Gasteiger partial charge in [0.1, 0.15) is 0 Å². The number of nitrogens with zero attached hydrogens (tertiary/aromatic N) is 1. The summed E-state index contributed by atoms with van der Waals surface area (Å²) in [6, 6.07) is 8.74. The Kier molecular flexibility index (Phi) is 3.80. The number of nitrogens with two attached hydrogens (primary N) is 1. The third-order valence-corrected chi connectivity index (χ3v) is 5.76. The maximum absolute atomic E-state index is 13.2. The van der Waals surface area contributed by atoms with Crippen LogP contribution in [0.1, 0.15) is 44.7 Å². The number of benzene rings is 1. The Hall–Kier alpha value is -1.35. The number of fused-ring (bicyclic) bond motifs is 1. The van der Waals surface area contributed by atoms with Crippen LogP contribution >= 0.6 is 0 Å². The third kappa shape index (κ3) is 2.67. The average Bonchev–Trinajstić information content (AvgIpc) is 2.49. The normalized spacial score (nSPS) is 30.7. The van der Waals surface area contributed by atoms with Gasteiger partial charge in [0, 0.05) is 19.1 Å². The highest BCUT2D eigenvalue weighted by Crippen LogP contribution is 2.38. The average molecular weight is 300 g/mol. The topological polar surface area (TPSA) is 46.3 Å². The summed E-state index contributed by atoms with van der Waals surface area (Å²) in [5.41, 5.74) is 8.72. The van der Waals surface area contributed by atoms with Gasteiger partial charge in [0.25, 0.3) is 0 Å². The molecule has 2 aliphatic rings. The Morgan fingerprint density at radius 1 is 1.23 bits per heavy atom. The Morgan fingerprint density at radius 3 is 2.59 bits per heavy atom. The molecule has 3 heteroatoms. The number of rotatable bonds is 1. The monoisotopic (exact) mass is 300 g/mol. The molecule has 2 atom stereocenters. The van der Waals surface area contributed by atoms with Gasteiger partial charge in [-0.15, -0.1) is 0 Å². The number of hydrogen-bond acceptors (Lipinski definition) is 2. The quantitative estimate of drug-likeness (QED) is 0.867.